The monoisotopic (exact) mass is 478 g/mol. The number of likely N-dealkylation sites (N-methyl/N-ethyl adjacent to an activating group) is 1. The molecule has 0 spiro atoms. The van der Waals surface area contributed by atoms with Crippen molar-refractivity contribution in [1.29, 1.82) is 0 Å². The van der Waals surface area contributed by atoms with Gasteiger partial charge in [0.2, 0.25) is 0 Å². The Bertz CT molecular complexity index is 613. The maximum atomic E-state index is 13.6. The topological polar surface area (TPSA) is 37.3 Å². The third kappa shape index (κ3) is 5.22. The summed E-state index contributed by atoms with van der Waals surface area (Å²) in [6, 6.07) is 0. The number of nitrogens with zero attached hydrogens (tertiary/aromatic N) is 1. The van der Waals surface area contributed by atoms with Gasteiger partial charge in [-0.25, -0.2) is 4.79 Å². The third-order valence-electron chi connectivity index (χ3n) is 4.07. The smallest absolute Gasteiger partial charge is 0.460 e. The average Bonchev–Trinajstić information content (AvgIpc) is 2.48. The van der Waals surface area contributed by atoms with Gasteiger partial charge in [0, 0.05) is 6.42 Å². The number of carboxylic acid groups (broad SMARTS) is 1. The average molecular weight is 478 g/mol. The van der Waals surface area contributed by atoms with Gasteiger partial charge in [-0.1, -0.05) is 0 Å². The molecule has 180 valence electrons. The van der Waals surface area contributed by atoms with Gasteiger partial charge in [0.15, 0.2) is 6.54 Å². The number of alkyl halides is 13. The molecule has 3 nitrogen and oxygen atoms in total. The number of rotatable bonds is 11. The van der Waals surface area contributed by atoms with Gasteiger partial charge in [-0.15, -0.1) is 0 Å². The fourth-order valence-electron chi connectivity index (χ4n) is 2.29. The second kappa shape index (κ2) is 8.22. The lowest BCUT2D eigenvalue weighted by Crippen LogP contribution is -2.70. The molecule has 0 unspecified atom stereocenters. The molecule has 0 fully saturated rings. The Morgan fingerprint density at radius 2 is 1.10 bits per heavy atom. The van der Waals surface area contributed by atoms with Crippen molar-refractivity contribution in [1.82, 2.24) is 0 Å². The first kappa shape index (κ1) is 28.5. The van der Waals surface area contributed by atoms with Crippen molar-refractivity contribution in [3.63, 3.8) is 0 Å². The van der Waals surface area contributed by atoms with E-state index in [2.05, 4.69) is 0 Å². The van der Waals surface area contributed by atoms with Gasteiger partial charge in [0.1, 0.15) is 0 Å². The number of quaternary nitrogens is 1. The Morgan fingerprint density at radius 1 is 0.700 bits per heavy atom. The largest absolute Gasteiger partial charge is 0.477 e. The predicted octanol–water partition coefficient (Wildman–Crippen LogP) is 5.06. The SMILES string of the molecule is C[N+](C)(CCCCC(F)(F)C(F)(F)C(F)(F)C(F)(F)C(F)(F)C(F)(F)F)CC(=O)O. The molecule has 1 N–H and O–H groups in total. The normalized spacial score (nSPS) is 15.4. The lowest BCUT2D eigenvalue weighted by molar-refractivity contribution is -0.883. The van der Waals surface area contributed by atoms with Crippen molar-refractivity contribution in [2.75, 3.05) is 27.2 Å². The summed E-state index contributed by atoms with van der Waals surface area (Å²) in [4.78, 5) is 10.6. The molecule has 0 heterocycles. The summed E-state index contributed by atoms with van der Waals surface area (Å²) in [6.45, 7) is -0.823. The first-order chi connectivity index (χ1) is 12.9. The summed E-state index contributed by atoms with van der Waals surface area (Å²) >= 11 is 0. The quantitative estimate of drug-likeness (QED) is 0.256. The molecule has 0 bridgehead atoms. The summed E-state index contributed by atoms with van der Waals surface area (Å²) in [5.41, 5.74) is 0. The summed E-state index contributed by atoms with van der Waals surface area (Å²) in [5.74, 6) is -38.1. The standard InChI is InChI=1S/C14H16F13NO2/c1-28(2,7-8(29)30)6-4-3-5-9(15,16)10(17,18)11(19,20)12(21,22)13(23,24)14(25,26)27/h3-7H2,1-2H3/p+1. The Kier molecular flexibility index (Phi) is 7.82. The van der Waals surface area contributed by atoms with Crippen LogP contribution in [0.5, 0.6) is 0 Å². The lowest BCUT2D eigenvalue weighted by atomic mass is 9.91. The highest BCUT2D eigenvalue weighted by atomic mass is 19.4. The number of halogens is 13. The Labute approximate surface area is 161 Å². The maximum absolute atomic E-state index is 13.6. The molecule has 0 aromatic carbocycles. The van der Waals surface area contributed by atoms with E-state index in [9.17, 15) is 61.9 Å². The Hall–Kier alpha value is -1.48. The van der Waals surface area contributed by atoms with Crippen LogP contribution in [0.25, 0.3) is 0 Å². The zero-order chi connectivity index (χ0) is 24.6. The Balaban J connectivity index is 5.54. The van der Waals surface area contributed by atoms with Crippen molar-refractivity contribution in [2.45, 2.75) is 55.1 Å². The van der Waals surface area contributed by atoms with Crippen LogP contribution in [-0.2, 0) is 4.79 Å². The van der Waals surface area contributed by atoms with Crippen LogP contribution in [-0.4, -0.2) is 78.5 Å². The highest BCUT2D eigenvalue weighted by Crippen LogP contribution is 2.60. The number of carboxylic acids is 1. The molecule has 0 aliphatic carbocycles. The van der Waals surface area contributed by atoms with Crippen LogP contribution in [0.3, 0.4) is 0 Å². The second-order valence-electron chi connectivity index (χ2n) is 7.17. The summed E-state index contributed by atoms with van der Waals surface area (Å²) in [6.07, 6.45) is -11.3. The molecule has 0 aromatic rings. The molecule has 16 heteroatoms. The molecule has 0 aromatic heterocycles. The Morgan fingerprint density at radius 3 is 1.47 bits per heavy atom. The molecule has 0 atom stereocenters. The van der Waals surface area contributed by atoms with Crippen molar-refractivity contribution in [3.05, 3.63) is 0 Å². The van der Waals surface area contributed by atoms with Crippen LogP contribution < -0.4 is 0 Å². The summed E-state index contributed by atoms with van der Waals surface area (Å²) in [7, 11) is 2.55. The van der Waals surface area contributed by atoms with E-state index in [1.54, 1.807) is 0 Å². The number of unbranched alkanes of at least 4 members (excludes halogenated alkanes) is 1. The summed E-state index contributed by atoms with van der Waals surface area (Å²) in [5, 5.41) is 8.60. The molecule has 0 aliphatic rings. The van der Waals surface area contributed by atoms with E-state index in [-0.39, 0.29) is 11.0 Å². The molecule has 0 amide bonds. The minimum atomic E-state index is -7.90. The molecular weight excluding hydrogens is 461 g/mol. The van der Waals surface area contributed by atoms with E-state index in [4.69, 9.17) is 5.11 Å². The first-order valence-corrected chi connectivity index (χ1v) is 7.87. The maximum Gasteiger partial charge on any atom is 0.460 e. The third-order valence-corrected chi connectivity index (χ3v) is 4.07. The van der Waals surface area contributed by atoms with Gasteiger partial charge < -0.3 is 9.59 Å². The van der Waals surface area contributed by atoms with Crippen LogP contribution in [0.15, 0.2) is 0 Å². The molecular formula is C14H17F13NO2+. The van der Waals surface area contributed by atoms with E-state index in [0.29, 0.717) is 0 Å². The second-order valence-corrected chi connectivity index (χ2v) is 7.17. The fourth-order valence-corrected chi connectivity index (χ4v) is 2.29. The van der Waals surface area contributed by atoms with Gasteiger partial charge in [-0.2, -0.15) is 57.1 Å². The van der Waals surface area contributed by atoms with Crippen LogP contribution >= 0.6 is 0 Å². The molecule has 30 heavy (non-hydrogen) atoms. The highest BCUT2D eigenvalue weighted by Gasteiger charge is 2.90. The molecule has 0 rings (SSSR count). The van der Waals surface area contributed by atoms with E-state index in [0.717, 1.165) is 0 Å². The molecule has 0 saturated heterocycles. The number of hydrogen-bond donors (Lipinski definition) is 1. The van der Waals surface area contributed by atoms with Gasteiger partial charge >= 0.3 is 41.8 Å². The number of aliphatic carboxylic acids is 1. The van der Waals surface area contributed by atoms with Crippen LogP contribution in [0.4, 0.5) is 57.1 Å². The fraction of sp³-hybridized carbons (Fsp3) is 0.929. The van der Waals surface area contributed by atoms with E-state index in [1.807, 2.05) is 0 Å². The zero-order valence-electron chi connectivity index (χ0n) is 15.3. The molecule has 0 aliphatic heterocycles. The lowest BCUT2D eigenvalue weighted by Gasteiger charge is -2.39. The van der Waals surface area contributed by atoms with Crippen LogP contribution in [0, 0.1) is 0 Å². The minimum absolute atomic E-state index is 0.271. The molecule has 0 radical (unpaired) electrons. The zero-order valence-corrected chi connectivity index (χ0v) is 15.3. The van der Waals surface area contributed by atoms with Crippen LogP contribution in [0.2, 0.25) is 0 Å². The van der Waals surface area contributed by atoms with E-state index >= 15 is 0 Å². The first-order valence-electron chi connectivity index (χ1n) is 7.87. The predicted molar refractivity (Wildman–Crippen MR) is 74.1 cm³/mol. The van der Waals surface area contributed by atoms with Gasteiger partial charge in [0.05, 0.1) is 20.6 Å². The van der Waals surface area contributed by atoms with Gasteiger partial charge in [-0.3, -0.25) is 0 Å². The van der Waals surface area contributed by atoms with Crippen molar-refractivity contribution in [3.8, 4) is 0 Å². The minimum Gasteiger partial charge on any atom is -0.477 e. The number of carbonyl (C=O) groups is 1. The summed E-state index contributed by atoms with van der Waals surface area (Å²) < 4.78 is 168. The van der Waals surface area contributed by atoms with Gasteiger partial charge in [-0.05, 0) is 12.8 Å². The molecule has 0 saturated carbocycles. The van der Waals surface area contributed by atoms with Crippen molar-refractivity contribution >= 4 is 5.97 Å². The van der Waals surface area contributed by atoms with E-state index in [1.165, 1.54) is 14.1 Å². The van der Waals surface area contributed by atoms with E-state index < -0.39 is 67.6 Å². The van der Waals surface area contributed by atoms with Crippen molar-refractivity contribution in [2.24, 2.45) is 0 Å². The van der Waals surface area contributed by atoms with Gasteiger partial charge in [0.25, 0.3) is 0 Å². The van der Waals surface area contributed by atoms with Crippen LogP contribution in [0.1, 0.15) is 19.3 Å². The highest BCUT2D eigenvalue weighted by molar-refractivity contribution is 5.67. The number of hydrogen-bond acceptors (Lipinski definition) is 1. The van der Waals surface area contributed by atoms with Crippen molar-refractivity contribution < 1.29 is 71.5 Å².